The van der Waals surface area contributed by atoms with E-state index in [-0.39, 0.29) is 5.78 Å². The molecule has 2 aromatic rings. The second kappa shape index (κ2) is 5.25. The molecule has 23 heavy (non-hydrogen) atoms. The van der Waals surface area contributed by atoms with Crippen molar-refractivity contribution in [1.82, 2.24) is 10.3 Å². The molecule has 5 nitrogen and oxygen atoms in total. The number of carbonyl (C=O) groups excluding carboxylic acids is 1. The van der Waals surface area contributed by atoms with Gasteiger partial charge in [0.1, 0.15) is 5.70 Å². The molecule has 1 aromatic carbocycles. The van der Waals surface area contributed by atoms with Crippen LogP contribution in [0.3, 0.4) is 0 Å². The summed E-state index contributed by atoms with van der Waals surface area (Å²) in [7, 11) is 0. The quantitative estimate of drug-likeness (QED) is 0.876. The molecule has 0 unspecified atom stereocenters. The average molecular weight is 302 g/mol. The van der Waals surface area contributed by atoms with Gasteiger partial charge in [-0.25, -0.2) is 0 Å². The number of hydrogen-bond acceptors (Lipinski definition) is 5. The van der Waals surface area contributed by atoms with E-state index in [0.29, 0.717) is 16.8 Å². The topological polar surface area (TPSA) is 69.0 Å². The Kier molecular flexibility index (Phi) is 3.09. The van der Waals surface area contributed by atoms with Gasteiger partial charge in [0.15, 0.2) is 0 Å². The van der Waals surface area contributed by atoms with Crippen LogP contribution in [0.15, 0.2) is 48.6 Å². The summed E-state index contributed by atoms with van der Waals surface area (Å²) in [4.78, 5) is 18.9. The maximum Gasteiger partial charge on any atom is 0.213 e. The van der Waals surface area contributed by atoms with E-state index in [0.717, 1.165) is 36.3 Å². The third-order valence-electron chi connectivity index (χ3n) is 4.21. The molecule has 1 N–H and O–H groups in total. The van der Waals surface area contributed by atoms with Crippen LogP contribution in [0.25, 0.3) is 11.1 Å². The lowest BCUT2D eigenvalue weighted by Gasteiger charge is -2.21. The second-order valence-corrected chi connectivity index (χ2v) is 5.59. The largest absolute Gasteiger partial charge is 0.389 e. The molecule has 2 aliphatic rings. The minimum absolute atomic E-state index is 0.0261. The maximum absolute atomic E-state index is 12.8. The molecule has 0 amide bonds. The summed E-state index contributed by atoms with van der Waals surface area (Å²) in [6.45, 7) is 1.63. The summed E-state index contributed by atoms with van der Waals surface area (Å²) in [5.74, 6) is -0.0261. The molecule has 2 aliphatic heterocycles. The molecule has 0 saturated heterocycles. The molecule has 0 saturated carbocycles. The molecule has 0 atom stereocenters. The molecular formula is C18H14N4O. The second-order valence-electron chi connectivity index (χ2n) is 5.59. The van der Waals surface area contributed by atoms with E-state index in [1.807, 2.05) is 18.2 Å². The van der Waals surface area contributed by atoms with Crippen LogP contribution in [0.4, 0.5) is 5.69 Å². The van der Waals surface area contributed by atoms with Gasteiger partial charge in [-0.2, -0.15) is 5.26 Å². The lowest BCUT2D eigenvalue weighted by atomic mass is 9.97. The normalized spacial score (nSPS) is 15.9. The lowest BCUT2D eigenvalue weighted by Crippen LogP contribution is -2.21. The van der Waals surface area contributed by atoms with Crippen LogP contribution in [-0.2, 0) is 0 Å². The van der Waals surface area contributed by atoms with E-state index >= 15 is 0 Å². The number of rotatable bonds is 1. The number of benzene rings is 1. The molecule has 0 aliphatic carbocycles. The van der Waals surface area contributed by atoms with E-state index in [9.17, 15) is 10.1 Å². The van der Waals surface area contributed by atoms with Gasteiger partial charge in [0, 0.05) is 42.8 Å². The van der Waals surface area contributed by atoms with Crippen molar-refractivity contribution < 1.29 is 4.79 Å². The van der Waals surface area contributed by atoms with Gasteiger partial charge in [-0.05, 0) is 36.2 Å². The van der Waals surface area contributed by atoms with Crippen LogP contribution in [0.5, 0.6) is 0 Å². The van der Waals surface area contributed by atoms with Crippen molar-refractivity contribution in [3.63, 3.8) is 0 Å². The van der Waals surface area contributed by atoms with Crippen molar-refractivity contribution in [2.24, 2.45) is 0 Å². The number of allylic oxidation sites excluding steroid dienone is 1. The van der Waals surface area contributed by atoms with Gasteiger partial charge in [0.2, 0.25) is 5.78 Å². The lowest BCUT2D eigenvalue weighted by molar-refractivity contribution is 0.103. The van der Waals surface area contributed by atoms with Crippen LogP contribution < -0.4 is 10.2 Å². The fraction of sp³-hybridized carbons (Fsp3) is 0.167. The Morgan fingerprint density at radius 2 is 2.00 bits per heavy atom. The Bertz CT molecular complexity index is 865. The Labute approximate surface area is 133 Å². The van der Waals surface area contributed by atoms with Crippen molar-refractivity contribution in [3.8, 4) is 17.2 Å². The van der Waals surface area contributed by atoms with Crippen molar-refractivity contribution in [2.75, 3.05) is 18.0 Å². The van der Waals surface area contributed by atoms with Crippen molar-refractivity contribution >= 4 is 11.5 Å². The number of nitrogens with zero attached hydrogens (tertiary/aromatic N) is 3. The monoisotopic (exact) mass is 302 g/mol. The van der Waals surface area contributed by atoms with E-state index in [1.54, 1.807) is 24.7 Å². The highest BCUT2D eigenvalue weighted by atomic mass is 16.1. The van der Waals surface area contributed by atoms with Gasteiger partial charge >= 0.3 is 0 Å². The van der Waals surface area contributed by atoms with Gasteiger partial charge in [0.25, 0.3) is 0 Å². The van der Waals surface area contributed by atoms with Gasteiger partial charge in [-0.3, -0.25) is 9.78 Å². The highest BCUT2D eigenvalue weighted by Crippen LogP contribution is 2.43. The number of hydrogen-bond donors (Lipinski definition) is 1. The van der Waals surface area contributed by atoms with Crippen LogP contribution in [0.2, 0.25) is 0 Å². The smallest absolute Gasteiger partial charge is 0.213 e. The maximum atomic E-state index is 12.8. The summed E-state index contributed by atoms with van der Waals surface area (Å²) in [6.07, 6.45) is 6.18. The number of aromatic nitrogens is 1. The third-order valence-corrected chi connectivity index (χ3v) is 4.21. The summed E-state index contributed by atoms with van der Waals surface area (Å²) in [5.41, 5.74) is 4.51. The molecule has 5 heteroatoms. The summed E-state index contributed by atoms with van der Waals surface area (Å²) >= 11 is 0. The number of carbonyl (C=O) groups is 1. The zero-order valence-electron chi connectivity index (χ0n) is 12.4. The van der Waals surface area contributed by atoms with Crippen molar-refractivity contribution in [2.45, 2.75) is 6.42 Å². The molecular weight excluding hydrogens is 288 g/mol. The molecule has 4 rings (SSSR count). The predicted molar refractivity (Wildman–Crippen MR) is 86.8 cm³/mol. The number of pyridine rings is 1. The molecule has 0 spiro atoms. The third kappa shape index (κ3) is 2.08. The van der Waals surface area contributed by atoms with Gasteiger partial charge in [0.05, 0.1) is 17.3 Å². The first kappa shape index (κ1) is 13.5. The Morgan fingerprint density at radius 3 is 2.78 bits per heavy atom. The first-order chi connectivity index (χ1) is 11.3. The van der Waals surface area contributed by atoms with Crippen molar-refractivity contribution in [1.29, 1.82) is 5.26 Å². The predicted octanol–water partition coefficient (Wildman–Crippen LogP) is 2.46. The number of ketones is 1. The molecule has 1 aromatic heterocycles. The van der Waals surface area contributed by atoms with Crippen molar-refractivity contribution in [3.05, 3.63) is 59.7 Å². The van der Waals surface area contributed by atoms with Gasteiger partial charge in [-0.15, -0.1) is 0 Å². The average Bonchev–Trinajstić information content (AvgIpc) is 2.77. The van der Waals surface area contributed by atoms with E-state index in [4.69, 9.17) is 0 Å². The van der Waals surface area contributed by atoms with Crippen LogP contribution in [0.1, 0.15) is 22.3 Å². The highest BCUT2D eigenvalue weighted by molar-refractivity contribution is 6.21. The molecule has 112 valence electrons. The number of Topliss-reactive ketones (excluding diaryl/α,β-unsaturated/α-hetero) is 1. The standard InChI is InChI=1S/C18H14N4O/c19-10-12-8-14(13-2-5-20-6-3-13)17-15(9-12)18(23)16-11-21-4-1-7-22(16)17/h2-3,5-6,8-9,11,21H,1,4,7H2. The molecule has 0 bridgehead atoms. The first-order valence-electron chi connectivity index (χ1n) is 7.54. The zero-order valence-corrected chi connectivity index (χ0v) is 12.4. The number of nitrogens with one attached hydrogen (secondary N) is 1. The fourth-order valence-electron chi connectivity index (χ4n) is 3.18. The first-order valence-corrected chi connectivity index (χ1v) is 7.54. The minimum atomic E-state index is -0.0261. The Morgan fingerprint density at radius 1 is 1.22 bits per heavy atom. The summed E-state index contributed by atoms with van der Waals surface area (Å²) < 4.78 is 0. The fourth-order valence-corrected chi connectivity index (χ4v) is 3.18. The van der Waals surface area contributed by atoms with Crippen LogP contribution in [0, 0.1) is 11.3 Å². The molecule has 0 radical (unpaired) electrons. The number of anilines is 1. The molecule has 0 fully saturated rings. The SMILES string of the molecule is N#Cc1cc2c(c(-c3ccncc3)c1)N1CCCNC=C1C2=O. The summed E-state index contributed by atoms with van der Waals surface area (Å²) in [6, 6.07) is 9.51. The van der Waals surface area contributed by atoms with Crippen LogP contribution >= 0.6 is 0 Å². The highest BCUT2D eigenvalue weighted by Gasteiger charge is 2.35. The molecule has 3 heterocycles. The number of nitriles is 1. The number of fused-ring (bicyclic) bond motifs is 3. The van der Waals surface area contributed by atoms with Gasteiger partial charge < -0.3 is 10.2 Å². The van der Waals surface area contributed by atoms with Gasteiger partial charge in [-0.1, -0.05) is 0 Å². The Balaban J connectivity index is 2.00. The van der Waals surface area contributed by atoms with E-state index < -0.39 is 0 Å². The zero-order chi connectivity index (χ0) is 15.8. The van der Waals surface area contributed by atoms with Crippen LogP contribution in [-0.4, -0.2) is 23.9 Å². The minimum Gasteiger partial charge on any atom is -0.389 e. The summed E-state index contributed by atoms with van der Waals surface area (Å²) in [5, 5.41) is 12.5. The van der Waals surface area contributed by atoms with E-state index in [2.05, 4.69) is 21.3 Å². The van der Waals surface area contributed by atoms with E-state index in [1.165, 1.54) is 0 Å². The Hall–Kier alpha value is -3.13.